The van der Waals surface area contributed by atoms with E-state index in [2.05, 4.69) is 0 Å². The van der Waals surface area contributed by atoms with Crippen LogP contribution in [0.3, 0.4) is 0 Å². The number of fused-ring (bicyclic) bond motifs is 1. The minimum absolute atomic E-state index is 0.0389. The summed E-state index contributed by atoms with van der Waals surface area (Å²) in [5.41, 5.74) is 0.593. The Balaban J connectivity index is 1.66. The lowest BCUT2D eigenvalue weighted by molar-refractivity contribution is -0.188. The number of halogens is 3. The van der Waals surface area contributed by atoms with Crippen LogP contribution in [-0.2, 0) is 4.79 Å². The number of alkyl halides is 3. The third kappa shape index (κ3) is 4.00. The highest BCUT2D eigenvalue weighted by Gasteiger charge is 2.42. The maximum absolute atomic E-state index is 12.8. The van der Waals surface area contributed by atoms with Gasteiger partial charge in [0, 0.05) is 30.6 Å². The lowest BCUT2D eigenvalue weighted by Crippen LogP contribution is -2.46. The van der Waals surface area contributed by atoms with E-state index in [1.54, 1.807) is 19.1 Å². The van der Waals surface area contributed by atoms with Gasteiger partial charge in [0.1, 0.15) is 11.3 Å². The van der Waals surface area contributed by atoms with E-state index in [9.17, 15) is 22.8 Å². The minimum atomic E-state index is -4.30. The molecule has 140 valence electrons. The van der Waals surface area contributed by atoms with Crippen molar-refractivity contribution in [2.75, 3.05) is 19.7 Å². The Kier molecular flexibility index (Phi) is 4.93. The summed E-state index contributed by atoms with van der Waals surface area (Å²) in [6.45, 7) is 1.36. The molecule has 1 aromatic carbocycles. The van der Waals surface area contributed by atoms with E-state index in [0.29, 0.717) is 24.3 Å². The molecule has 8 heteroatoms. The Hall–Kier alpha value is -2.51. The summed E-state index contributed by atoms with van der Waals surface area (Å²) < 4.78 is 49.0. The van der Waals surface area contributed by atoms with E-state index in [1.807, 2.05) is 0 Å². The van der Waals surface area contributed by atoms with E-state index in [0.717, 1.165) is 10.9 Å². The van der Waals surface area contributed by atoms with E-state index < -0.39 is 23.6 Å². The quantitative estimate of drug-likeness (QED) is 0.779. The monoisotopic (exact) mass is 369 g/mol. The van der Waals surface area contributed by atoms with Gasteiger partial charge in [0.15, 0.2) is 6.61 Å². The second kappa shape index (κ2) is 7.01. The van der Waals surface area contributed by atoms with Crippen LogP contribution in [0.15, 0.2) is 33.5 Å². The summed E-state index contributed by atoms with van der Waals surface area (Å²) in [5.74, 6) is -1.67. The van der Waals surface area contributed by atoms with Crippen molar-refractivity contribution >= 4 is 16.9 Å². The molecule has 0 aliphatic carbocycles. The van der Waals surface area contributed by atoms with Crippen molar-refractivity contribution < 1.29 is 27.1 Å². The normalized spacial score (nSPS) is 18.2. The molecule has 1 saturated heterocycles. The Bertz CT molecular complexity index is 875. The number of piperidine rings is 1. The fraction of sp³-hybridized carbons (Fsp3) is 0.444. The van der Waals surface area contributed by atoms with Gasteiger partial charge >= 0.3 is 11.8 Å². The van der Waals surface area contributed by atoms with E-state index in [-0.39, 0.29) is 19.6 Å². The zero-order valence-corrected chi connectivity index (χ0v) is 14.1. The average Bonchev–Trinajstić information content (AvgIpc) is 2.58. The van der Waals surface area contributed by atoms with Gasteiger partial charge in [-0.3, -0.25) is 4.79 Å². The maximum atomic E-state index is 12.8. The molecule has 5 nitrogen and oxygen atoms in total. The zero-order valence-electron chi connectivity index (χ0n) is 14.1. The van der Waals surface area contributed by atoms with Gasteiger partial charge in [-0.15, -0.1) is 0 Å². The SMILES string of the molecule is Cc1cc(=O)oc2cc(OCC(=O)N3CCC[C@@H](C(F)(F)F)C3)ccc12. The lowest BCUT2D eigenvalue weighted by Gasteiger charge is -2.33. The summed E-state index contributed by atoms with van der Waals surface area (Å²) in [4.78, 5) is 24.8. The summed E-state index contributed by atoms with van der Waals surface area (Å²) >= 11 is 0. The molecular formula is C18H18F3NO4. The molecule has 1 amide bonds. The minimum Gasteiger partial charge on any atom is -0.484 e. The fourth-order valence-corrected chi connectivity index (χ4v) is 3.10. The van der Waals surface area contributed by atoms with Crippen LogP contribution in [0.5, 0.6) is 5.75 Å². The number of rotatable bonds is 3. The molecule has 0 unspecified atom stereocenters. The molecule has 2 aromatic rings. The number of hydrogen-bond acceptors (Lipinski definition) is 4. The molecule has 1 aliphatic heterocycles. The van der Waals surface area contributed by atoms with Gasteiger partial charge in [0.25, 0.3) is 5.91 Å². The first-order chi connectivity index (χ1) is 12.2. The number of likely N-dealkylation sites (tertiary alicyclic amines) is 1. The second-order valence-corrected chi connectivity index (χ2v) is 6.42. The fourth-order valence-electron chi connectivity index (χ4n) is 3.10. The first kappa shape index (κ1) is 18.3. The van der Waals surface area contributed by atoms with Crippen LogP contribution in [0.1, 0.15) is 18.4 Å². The highest BCUT2D eigenvalue weighted by Crippen LogP contribution is 2.33. The van der Waals surface area contributed by atoms with E-state index >= 15 is 0 Å². The molecule has 0 saturated carbocycles. The Morgan fingerprint density at radius 3 is 2.85 bits per heavy atom. The smallest absolute Gasteiger partial charge is 0.393 e. The first-order valence-electron chi connectivity index (χ1n) is 8.26. The number of aryl methyl sites for hydroxylation is 1. The molecule has 1 aromatic heterocycles. The van der Waals surface area contributed by atoms with Crippen molar-refractivity contribution in [2.24, 2.45) is 5.92 Å². The summed E-state index contributed by atoms with van der Waals surface area (Å²) in [6.07, 6.45) is -3.94. The van der Waals surface area contributed by atoms with Crippen LogP contribution in [-0.4, -0.2) is 36.7 Å². The van der Waals surface area contributed by atoms with Crippen molar-refractivity contribution in [3.05, 3.63) is 40.2 Å². The molecule has 0 bridgehead atoms. The standard InChI is InChI=1S/C18H18F3NO4/c1-11-7-17(24)26-15-8-13(4-5-14(11)15)25-10-16(23)22-6-2-3-12(9-22)18(19,20)21/h4-5,7-8,12H,2-3,6,9-10H2,1H3/t12-/m1/s1. The van der Waals surface area contributed by atoms with Crippen molar-refractivity contribution in [1.82, 2.24) is 4.90 Å². The van der Waals surface area contributed by atoms with Gasteiger partial charge in [-0.05, 0) is 37.5 Å². The predicted molar refractivity (Wildman–Crippen MR) is 88.1 cm³/mol. The van der Waals surface area contributed by atoms with Gasteiger partial charge in [-0.25, -0.2) is 4.79 Å². The van der Waals surface area contributed by atoms with Crippen LogP contribution in [0, 0.1) is 12.8 Å². The molecule has 1 atom stereocenters. The number of hydrogen-bond donors (Lipinski definition) is 0. The lowest BCUT2D eigenvalue weighted by atomic mass is 9.97. The second-order valence-electron chi connectivity index (χ2n) is 6.42. The number of benzene rings is 1. The summed E-state index contributed by atoms with van der Waals surface area (Å²) in [6, 6.07) is 6.19. The Morgan fingerprint density at radius 2 is 2.12 bits per heavy atom. The van der Waals surface area contributed by atoms with Gasteiger partial charge in [0.05, 0.1) is 5.92 Å². The number of amides is 1. The Labute approximate surface area is 147 Å². The first-order valence-corrected chi connectivity index (χ1v) is 8.26. The van der Waals surface area contributed by atoms with E-state index in [4.69, 9.17) is 9.15 Å². The molecule has 0 spiro atoms. The van der Waals surface area contributed by atoms with Gasteiger partial charge in [-0.2, -0.15) is 13.2 Å². The third-order valence-corrected chi connectivity index (χ3v) is 4.52. The molecule has 0 N–H and O–H groups in total. The van der Waals surface area contributed by atoms with Gasteiger partial charge in [-0.1, -0.05) is 0 Å². The van der Waals surface area contributed by atoms with Gasteiger partial charge in [0.2, 0.25) is 0 Å². The largest absolute Gasteiger partial charge is 0.484 e. The number of nitrogens with zero attached hydrogens (tertiary/aromatic N) is 1. The maximum Gasteiger partial charge on any atom is 0.393 e. The number of carbonyl (C=O) groups excluding carboxylic acids is 1. The third-order valence-electron chi connectivity index (χ3n) is 4.52. The van der Waals surface area contributed by atoms with Crippen molar-refractivity contribution in [2.45, 2.75) is 25.9 Å². The van der Waals surface area contributed by atoms with Crippen LogP contribution in [0.4, 0.5) is 13.2 Å². The Morgan fingerprint density at radius 1 is 1.35 bits per heavy atom. The van der Waals surface area contributed by atoms with E-state index in [1.165, 1.54) is 17.0 Å². The predicted octanol–water partition coefficient (Wildman–Crippen LogP) is 3.28. The molecule has 3 rings (SSSR count). The molecule has 26 heavy (non-hydrogen) atoms. The van der Waals surface area contributed by atoms with Crippen LogP contribution >= 0.6 is 0 Å². The highest BCUT2D eigenvalue weighted by molar-refractivity contribution is 5.81. The van der Waals surface area contributed by atoms with Crippen LogP contribution in [0.25, 0.3) is 11.0 Å². The molecule has 2 heterocycles. The van der Waals surface area contributed by atoms with Crippen molar-refractivity contribution in [3.63, 3.8) is 0 Å². The topological polar surface area (TPSA) is 59.8 Å². The number of carbonyl (C=O) groups is 1. The van der Waals surface area contributed by atoms with Gasteiger partial charge < -0.3 is 14.1 Å². The molecule has 0 radical (unpaired) electrons. The average molecular weight is 369 g/mol. The molecule has 1 fully saturated rings. The van der Waals surface area contributed by atoms with Crippen molar-refractivity contribution in [3.8, 4) is 5.75 Å². The molecular weight excluding hydrogens is 351 g/mol. The van der Waals surface area contributed by atoms with Crippen molar-refractivity contribution in [1.29, 1.82) is 0 Å². The summed E-state index contributed by atoms with van der Waals surface area (Å²) in [7, 11) is 0. The number of ether oxygens (including phenoxy) is 1. The summed E-state index contributed by atoms with van der Waals surface area (Å²) in [5, 5.41) is 0.743. The van der Waals surface area contributed by atoms with Crippen LogP contribution in [0.2, 0.25) is 0 Å². The molecule has 1 aliphatic rings. The van der Waals surface area contributed by atoms with Crippen LogP contribution < -0.4 is 10.4 Å². The zero-order chi connectivity index (χ0) is 18.9. The highest BCUT2D eigenvalue weighted by atomic mass is 19.4.